The maximum atomic E-state index is 12.3. The van der Waals surface area contributed by atoms with Gasteiger partial charge in [0.25, 0.3) is 10.0 Å². The van der Waals surface area contributed by atoms with Crippen LogP contribution in [0.15, 0.2) is 17.0 Å². The molecule has 8 heteroatoms. The van der Waals surface area contributed by atoms with Crippen molar-refractivity contribution >= 4 is 38.9 Å². The molecule has 1 aliphatic heterocycles. The predicted octanol–water partition coefficient (Wildman–Crippen LogP) is 2.29. The maximum absolute atomic E-state index is 12.3. The van der Waals surface area contributed by atoms with Crippen molar-refractivity contribution in [2.75, 3.05) is 18.9 Å². The Bertz CT molecular complexity index is 533. The van der Waals surface area contributed by atoms with Crippen molar-refractivity contribution < 1.29 is 13.3 Å². The Morgan fingerprint density at radius 1 is 1.28 bits per heavy atom. The van der Waals surface area contributed by atoms with E-state index in [0.29, 0.717) is 13.2 Å². The van der Waals surface area contributed by atoms with Gasteiger partial charge in [0.1, 0.15) is 4.90 Å². The van der Waals surface area contributed by atoms with Gasteiger partial charge in [-0.3, -0.25) is 4.84 Å². The molecule has 0 unspecified atom stereocenters. The maximum Gasteiger partial charge on any atom is 0.268 e. The summed E-state index contributed by atoms with van der Waals surface area (Å²) in [5.74, 6) is 0. The van der Waals surface area contributed by atoms with Crippen LogP contribution in [0.25, 0.3) is 0 Å². The second-order valence-electron chi connectivity index (χ2n) is 3.88. The minimum atomic E-state index is -3.84. The topological polar surface area (TPSA) is 72.6 Å². The Labute approximate surface area is 115 Å². The SMILES string of the molecule is Nc1cc(Cl)cc(Cl)c1S(=O)(=O)N1CCCCO1. The van der Waals surface area contributed by atoms with Crippen LogP contribution >= 0.6 is 23.2 Å². The molecular weight excluding hydrogens is 299 g/mol. The molecule has 18 heavy (non-hydrogen) atoms. The number of sulfonamides is 1. The molecule has 2 N–H and O–H groups in total. The molecule has 0 spiro atoms. The molecule has 100 valence electrons. The Morgan fingerprint density at radius 3 is 2.56 bits per heavy atom. The van der Waals surface area contributed by atoms with E-state index in [2.05, 4.69) is 0 Å². The highest BCUT2D eigenvalue weighted by atomic mass is 35.5. The normalized spacial score (nSPS) is 17.9. The quantitative estimate of drug-likeness (QED) is 0.851. The van der Waals surface area contributed by atoms with Gasteiger partial charge in [0.2, 0.25) is 0 Å². The van der Waals surface area contributed by atoms with Gasteiger partial charge in [0, 0.05) is 11.6 Å². The number of nitrogens with two attached hydrogens (primary N) is 1. The first-order valence-electron chi connectivity index (χ1n) is 5.33. The summed E-state index contributed by atoms with van der Waals surface area (Å²) in [5.41, 5.74) is 5.70. The van der Waals surface area contributed by atoms with Crippen molar-refractivity contribution in [3.8, 4) is 0 Å². The van der Waals surface area contributed by atoms with E-state index >= 15 is 0 Å². The number of nitrogen functional groups attached to an aromatic ring is 1. The lowest BCUT2D eigenvalue weighted by Gasteiger charge is -2.26. The summed E-state index contributed by atoms with van der Waals surface area (Å²) in [6.07, 6.45) is 1.57. The molecule has 1 fully saturated rings. The zero-order valence-electron chi connectivity index (χ0n) is 9.40. The number of nitrogens with zero attached hydrogens (tertiary/aromatic N) is 1. The summed E-state index contributed by atoms with van der Waals surface area (Å²) < 4.78 is 25.6. The number of halogens is 2. The number of hydroxylamine groups is 1. The van der Waals surface area contributed by atoms with Crippen molar-refractivity contribution in [1.29, 1.82) is 0 Å². The second kappa shape index (κ2) is 5.22. The van der Waals surface area contributed by atoms with E-state index in [9.17, 15) is 8.42 Å². The fourth-order valence-electron chi connectivity index (χ4n) is 1.72. The molecule has 0 saturated carbocycles. The Kier molecular flexibility index (Phi) is 4.03. The lowest BCUT2D eigenvalue weighted by atomic mass is 10.3. The van der Waals surface area contributed by atoms with Crippen LogP contribution in [-0.4, -0.2) is 26.0 Å². The summed E-state index contributed by atoms with van der Waals surface area (Å²) in [5, 5.41) is 0.283. The molecule has 1 aromatic rings. The fourth-order valence-corrected chi connectivity index (χ4v) is 3.97. The van der Waals surface area contributed by atoms with E-state index in [-0.39, 0.29) is 20.6 Å². The lowest BCUT2D eigenvalue weighted by molar-refractivity contribution is -0.108. The number of anilines is 1. The summed E-state index contributed by atoms with van der Waals surface area (Å²) in [4.78, 5) is 4.98. The van der Waals surface area contributed by atoms with Gasteiger partial charge in [-0.2, -0.15) is 0 Å². The molecule has 5 nitrogen and oxygen atoms in total. The molecule has 1 aliphatic rings. The van der Waals surface area contributed by atoms with Gasteiger partial charge in [0.15, 0.2) is 0 Å². The summed E-state index contributed by atoms with van der Waals surface area (Å²) in [7, 11) is -3.84. The molecule has 0 atom stereocenters. The smallest absolute Gasteiger partial charge is 0.268 e. The van der Waals surface area contributed by atoms with E-state index in [0.717, 1.165) is 17.3 Å². The van der Waals surface area contributed by atoms with Gasteiger partial charge >= 0.3 is 0 Å². The largest absolute Gasteiger partial charge is 0.398 e. The third-order valence-corrected chi connectivity index (χ3v) is 4.96. The molecule has 0 bridgehead atoms. The molecule has 0 amide bonds. The first kappa shape index (κ1) is 13.9. The van der Waals surface area contributed by atoms with Crippen molar-refractivity contribution in [2.45, 2.75) is 17.7 Å². The van der Waals surface area contributed by atoms with Crippen molar-refractivity contribution in [2.24, 2.45) is 0 Å². The molecule has 0 aromatic heterocycles. The predicted molar refractivity (Wildman–Crippen MR) is 70.0 cm³/mol. The van der Waals surface area contributed by atoms with Gasteiger partial charge < -0.3 is 5.73 Å². The highest BCUT2D eigenvalue weighted by molar-refractivity contribution is 7.89. The monoisotopic (exact) mass is 310 g/mol. The van der Waals surface area contributed by atoms with Crippen molar-refractivity contribution in [1.82, 2.24) is 4.47 Å². The molecule has 0 radical (unpaired) electrons. The third-order valence-electron chi connectivity index (χ3n) is 2.53. The summed E-state index contributed by atoms with van der Waals surface area (Å²) >= 11 is 11.7. The van der Waals surface area contributed by atoms with E-state index < -0.39 is 10.0 Å². The zero-order chi connectivity index (χ0) is 13.3. The Hall–Kier alpha value is -0.530. The zero-order valence-corrected chi connectivity index (χ0v) is 11.7. The molecular formula is C10H12Cl2N2O3S. The first-order chi connectivity index (χ1) is 8.43. The van der Waals surface area contributed by atoms with Gasteiger partial charge in [0.05, 0.1) is 17.3 Å². The molecule has 0 aliphatic carbocycles. The minimum Gasteiger partial charge on any atom is -0.398 e. The first-order valence-corrected chi connectivity index (χ1v) is 7.52. The molecule has 2 rings (SSSR count). The highest BCUT2D eigenvalue weighted by Crippen LogP contribution is 2.33. The van der Waals surface area contributed by atoms with E-state index in [1.54, 1.807) is 0 Å². The Balaban J connectivity index is 2.47. The minimum absolute atomic E-state index is 0.00539. The highest BCUT2D eigenvalue weighted by Gasteiger charge is 2.31. The number of benzene rings is 1. The molecule has 1 aromatic carbocycles. The van der Waals surface area contributed by atoms with E-state index in [1.165, 1.54) is 12.1 Å². The van der Waals surface area contributed by atoms with Gasteiger partial charge in [-0.25, -0.2) is 8.42 Å². The average molecular weight is 311 g/mol. The average Bonchev–Trinajstić information content (AvgIpc) is 2.28. The van der Waals surface area contributed by atoms with E-state index in [1.807, 2.05) is 0 Å². The molecule has 1 saturated heterocycles. The summed E-state index contributed by atoms with van der Waals surface area (Å²) in [6.45, 7) is 0.658. The number of rotatable bonds is 2. The van der Waals surface area contributed by atoms with Crippen LogP contribution in [0.5, 0.6) is 0 Å². The standard InChI is InChI=1S/C10H12Cl2N2O3S/c11-7-5-8(12)10(9(13)6-7)18(15,16)14-3-1-2-4-17-14/h5-6H,1-4,13H2. The fraction of sp³-hybridized carbons (Fsp3) is 0.400. The van der Waals surface area contributed by atoms with Gasteiger partial charge in [-0.05, 0) is 25.0 Å². The van der Waals surface area contributed by atoms with Crippen LogP contribution in [0.1, 0.15) is 12.8 Å². The van der Waals surface area contributed by atoms with Crippen LogP contribution in [0.3, 0.4) is 0 Å². The second-order valence-corrected chi connectivity index (χ2v) is 6.49. The lowest BCUT2D eigenvalue weighted by Crippen LogP contribution is -2.36. The van der Waals surface area contributed by atoms with Gasteiger partial charge in [-0.15, -0.1) is 0 Å². The molecule has 1 heterocycles. The van der Waals surface area contributed by atoms with Crippen LogP contribution in [-0.2, 0) is 14.9 Å². The van der Waals surface area contributed by atoms with Crippen LogP contribution in [0, 0.1) is 0 Å². The number of hydrogen-bond acceptors (Lipinski definition) is 4. The van der Waals surface area contributed by atoms with Crippen LogP contribution in [0.2, 0.25) is 10.0 Å². The van der Waals surface area contributed by atoms with Crippen molar-refractivity contribution in [3.05, 3.63) is 22.2 Å². The van der Waals surface area contributed by atoms with Crippen LogP contribution in [0.4, 0.5) is 5.69 Å². The van der Waals surface area contributed by atoms with Crippen molar-refractivity contribution in [3.63, 3.8) is 0 Å². The van der Waals surface area contributed by atoms with Gasteiger partial charge in [-0.1, -0.05) is 27.7 Å². The summed E-state index contributed by atoms with van der Waals surface area (Å²) in [6, 6.07) is 2.70. The third kappa shape index (κ3) is 2.57. The van der Waals surface area contributed by atoms with Crippen LogP contribution < -0.4 is 5.73 Å². The number of hydrogen-bond donors (Lipinski definition) is 1. The van der Waals surface area contributed by atoms with E-state index in [4.69, 9.17) is 33.8 Å². The Morgan fingerprint density at radius 2 is 2.00 bits per heavy atom.